The minimum Gasteiger partial charge on any atom is -0.497 e. The quantitative estimate of drug-likeness (QED) is 0.417. The van der Waals surface area contributed by atoms with Gasteiger partial charge in [-0.25, -0.2) is 9.78 Å². The fraction of sp³-hybridized carbons (Fsp3) is 0.179. The number of hydrogen-bond donors (Lipinski definition) is 2. The SMILES string of the molecule is COc1ccc(C(=O)Nc2ccc3nc(N4CCN(c5ccccc5)CC4)cc(C(=O)O)c3c2)cc1. The Balaban J connectivity index is 1.37. The number of piperazine rings is 1. The van der Waals surface area contributed by atoms with Gasteiger partial charge in [0.15, 0.2) is 0 Å². The number of carbonyl (C=O) groups excluding carboxylic acids is 1. The molecular weight excluding hydrogens is 456 g/mol. The van der Waals surface area contributed by atoms with Crippen LogP contribution in [-0.2, 0) is 0 Å². The van der Waals surface area contributed by atoms with Crippen LogP contribution in [0.25, 0.3) is 10.9 Å². The number of anilines is 3. The van der Waals surface area contributed by atoms with Crippen molar-refractivity contribution in [3.63, 3.8) is 0 Å². The maximum atomic E-state index is 12.7. The molecular formula is C28H26N4O4. The molecule has 0 aliphatic carbocycles. The number of ether oxygens (including phenoxy) is 1. The van der Waals surface area contributed by atoms with E-state index in [1.165, 1.54) is 5.69 Å². The van der Waals surface area contributed by atoms with Gasteiger partial charge in [0.05, 0.1) is 18.2 Å². The molecule has 36 heavy (non-hydrogen) atoms. The van der Waals surface area contributed by atoms with Gasteiger partial charge in [0.2, 0.25) is 0 Å². The highest BCUT2D eigenvalue weighted by molar-refractivity contribution is 6.08. The zero-order valence-corrected chi connectivity index (χ0v) is 19.8. The van der Waals surface area contributed by atoms with Gasteiger partial charge in [0.1, 0.15) is 11.6 Å². The maximum Gasteiger partial charge on any atom is 0.336 e. The first kappa shape index (κ1) is 23.2. The Labute approximate surface area is 208 Å². The van der Waals surface area contributed by atoms with E-state index in [4.69, 9.17) is 9.72 Å². The molecule has 182 valence electrons. The van der Waals surface area contributed by atoms with Crippen LogP contribution in [0.4, 0.5) is 17.2 Å². The molecule has 8 heteroatoms. The Morgan fingerprint density at radius 3 is 2.25 bits per heavy atom. The Morgan fingerprint density at radius 1 is 0.889 bits per heavy atom. The minimum absolute atomic E-state index is 0.154. The first-order valence-electron chi connectivity index (χ1n) is 11.7. The molecule has 1 aromatic heterocycles. The van der Waals surface area contributed by atoms with Crippen molar-refractivity contribution in [1.82, 2.24) is 4.98 Å². The van der Waals surface area contributed by atoms with Crippen LogP contribution < -0.4 is 19.9 Å². The summed E-state index contributed by atoms with van der Waals surface area (Å²) in [7, 11) is 1.56. The number of carboxylic acids is 1. The van der Waals surface area contributed by atoms with Crippen LogP contribution in [0, 0.1) is 0 Å². The number of methoxy groups -OCH3 is 1. The van der Waals surface area contributed by atoms with Crippen molar-refractivity contribution in [2.45, 2.75) is 0 Å². The molecule has 1 fully saturated rings. The van der Waals surface area contributed by atoms with Crippen molar-refractivity contribution in [2.75, 3.05) is 48.4 Å². The van der Waals surface area contributed by atoms with Gasteiger partial charge < -0.3 is 25.0 Å². The van der Waals surface area contributed by atoms with Crippen LogP contribution in [0.3, 0.4) is 0 Å². The molecule has 2 N–H and O–H groups in total. The third kappa shape index (κ3) is 4.79. The van der Waals surface area contributed by atoms with Crippen LogP contribution >= 0.6 is 0 Å². The summed E-state index contributed by atoms with van der Waals surface area (Å²) in [5.74, 6) is -0.0331. The Bertz CT molecular complexity index is 1400. The number of aromatic nitrogens is 1. The van der Waals surface area contributed by atoms with Crippen LogP contribution in [0.2, 0.25) is 0 Å². The van der Waals surface area contributed by atoms with Gasteiger partial charge in [-0.05, 0) is 60.7 Å². The van der Waals surface area contributed by atoms with E-state index in [2.05, 4.69) is 27.2 Å². The third-order valence-electron chi connectivity index (χ3n) is 6.36. The standard InChI is InChI=1S/C28H26N4O4/c1-36-22-10-7-19(8-11-22)27(33)29-20-9-12-25-23(17-20)24(28(34)35)18-26(30-25)32-15-13-31(14-16-32)21-5-3-2-4-6-21/h2-12,17-18H,13-16H2,1H3,(H,29,33)(H,34,35). The predicted molar refractivity (Wildman–Crippen MR) is 141 cm³/mol. The average Bonchev–Trinajstić information content (AvgIpc) is 2.93. The van der Waals surface area contributed by atoms with E-state index < -0.39 is 5.97 Å². The fourth-order valence-electron chi connectivity index (χ4n) is 4.41. The van der Waals surface area contributed by atoms with Gasteiger partial charge in [0, 0.05) is 48.5 Å². The molecule has 8 nitrogen and oxygen atoms in total. The first-order valence-corrected chi connectivity index (χ1v) is 11.7. The highest BCUT2D eigenvalue weighted by Crippen LogP contribution is 2.28. The molecule has 5 rings (SSSR count). The van der Waals surface area contributed by atoms with Crippen molar-refractivity contribution in [3.05, 3.63) is 90.0 Å². The lowest BCUT2D eigenvalue weighted by Gasteiger charge is -2.37. The van der Waals surface area contributed by atoms with E-state index in [0.717, 1.165) is 26.2 Å². The van der Waals surface area contributed by atoms with Crippen LogP contribution in [0.1, 0.15) is 20.7 Å². The summed E-state index contributed by atoms with van der Waals surface area (Å²) >= 11 is 0. The Morgan fingerprint density at radius 2 is 1.58 bits per heavy atom. The monoisotopic (exact) mass is 482 g/mol. The number of hydrogen-bond acceptors (Lipinski definition) is 6. The second kappa shape index (κ2) is 9.95. The fourth-order valence-corrected chi connectivity index (χ4v) is 4.41. The number of benzene rings is 3. The number of amides is 1. The molecule has 2 heterocycles. The molecule has 0 bridgehead atoms. The smallest absolute Gasteiger partial charge is 0.336 e. The van der Waals surface area contributed by atoms with Crippen molar-refractivity contribution in [1.29, 1.82) is 0 Å². The molecule has 0 spiro atoms. The predicted octanol–water partition coefficient (Wildman–Crippen LogP) is 4.52. The number of para-hydroxylation sites is 1. The van der Waals surface area contributed by atoms with E-state index >= 15 is 0 Å². The molecule has 4 aromatic rings. The maximum absolute atomic E-state index is 12.7. The summed E-state index contributed by atoms with van der Waals surface area (Å²) in [6, 6.07) is 23.8. The van der Waals surface area contributed by atoms with Crippen molar-refractivity contribution < 1.29 is 19.4 Å². The third-order valence-corrected chi connectivity index (χ3v) is 6.36. The first-order chi connectivity index (χ1) is 17.5. The molecule has 1 saturated heterocycles. The summed E-state index contributed by atoms with van der Waals surface area (Å²) in [5, 5.41) is 13.3. The van der Waals surface area contributed by atoms with Gasteiger partial charge >= 0.3 is 5.97 Å². The largest absolute Gasteiger partial charge is 0.497 e. The van der Waals surface area contributed by atoms with Crippen LogP contribution in [0.15, 0.2) is 78.9 Å². The van der Waals surface area contributed by atoms with Gasteiger partial charge in [-0.1, -0.05) is 18.2 Å². The summed E-state index contributed by atoms with van der Waals surface area (Å²) in [6.45, 7) is 3.12. The van der Waals surface area contributed by atoms with E-state index in [1.54, 1.807) is 55.6 Å². The van der Waals surface area contributed by atoms with Crippen molar-refractivity contribution in [3.8, 4) is 5.75 Å². The molecule has 1 aliphatic rings. The van der Waals surface area contributed by atoms with E-state index in [0.29, 0.717) is 33.7 Å². The number of pyridine rings is 1. The van der Waals surface area contributed by atoms with E-state index in [1.807, 2.05) is 18.2 Å². The molecule has 3 aromatic carbocycles. The minimum atomic E-state index is -1.04. The lowest BCUT2D eigenvalue weighted by molar-refractivity contribution is 0.0698. The Hall–Kier alpha value is -4.59. The number of fused-ring (bicyclic) bond motifs is 1. The van der Waals surface area contributed by atoms with Crippen LogP contribution in [0.5, 0.6) is 5.75 Å². The molecule has 0 unspecified atom stereocenters. The van der Waals surface area contributed by atoms with Crippen molar-refractivity contribution in [2.24, 2.45) is 0 Å². The topological polar surface area (TPSA) is 95.0 Å². The van der Waals surface area contributed by atoms with Gasteiger partial charge in [-0.2, -0.15) is 0 Å². The summed E-state index contributed by atoms with van der Waals surface area (Å²) in [4.78, 5) is 34.0. The zero-order valence-electron chi connectivity index (χ0n) is 19.8. The zero-order chi connectivity index (χ0) is 25.1. The molecule has 0 radical (unpaired) electrons. The molecule has 0 atom stereocenters. The summed E-state index contributed by atoms with van der Waals surface area (Å²) in [6.07, 6.45) is 0. The van der Waals surface area contributed by atoms with Gasteiger partial charge in [0.25, 0.3) is 5.91 Å². The number of carbonyl (C=O) groups is 2. The molecule has 1 amide bonds. The van der Waals surface area contributed by atoms with Crippen LogP contribution in [-0.4, -0.2) is 55.3 Å². The summed E-state index contributed by atoms with van der Waals surface area (Å²) in [5.41, 5.74) is 2.87. The number of carboxylic acid groups (broad SMARTS) is 1. The van der Waals surface area contributed by atoms with Gasteiger partial charge in [-0.15, -0.1) is 0 Å². The number of aromatic carboxylic acids is 1. The van der Waals surface area contributed by atoms with E-state index in [-0.39, 0.29) is 11.5 Å². The molecule has 1 aliphatic heterocycles. The number of nitrogens with one attached hydrogen (secondary N) is 1. The number of rotatable bonds is 6. The second-order valence-electron chi connectivity index (χ2n) is 8.56. The molecule has 0 saturated carbocycles. The highest BCUT2D eigenvalue weighted by Gasteiger charge is 2.21. The van der Waals surface area contributed by atoms with E-state index in [9.17, 15) is 14.7 Å². The normalized spacial score (nSPS) is 13.5. The van der Waals surface area contributed by atoms with Crippen molar-refractivity contribution >= 4 is 40.0 Å². The number of nitrogens with zero attached hydrogens (tertiary/aromatic N) is 3. The van der Waals surface area contributed by atoms with Gasteiger partial charge in [-0.3, -0.25) is 4.79 Å². The highest BCUT2D eigenvalue weighted by atomic mass is 16.5. The average molecular weight is 483 g/mol. The second-order valence-corrected chi connectivity index (χ2v) is 8.56. The lowest BCUT2D eigenvalue weighted by atomic mass is 10.1. The Kier molecular flexibility index (Phi) is 6.40. The summed E-state index contributed by atoms with van der Waals surface area (Å²) < 4.78 is 5.13. The lowest BCUT2D eigenvalue weighted by Crippen LogP contribution is -2.46.